The minimum Gasteiger partial charge on any atom is -0.366 e. The van der Waals surface area contributed by atoms with Gasteiger partial charge in [-0.15, -0.1) is 11.3 Å². The Bertz CT molecular complexity index is 381. The number of hydrogen-bond acceptors (Lipinski definition) is 5. The third kappa shape index (κ3) is 4.99. The van der Waals surface area contributed by atoms with E-state index in [9.17, 15) is 4.79 Å². The number of hydrogen-bond donors (Lipinski definition) is 3. The Kier molecular flexibility index (Phi) is 6.03. The molecule has 1 atom stereocenters. The molecule has 1 heterocycles. The smallest absolute Gasteiger partial charge is 0.315 e. The fraction of sp³-hybridized carbons (Fsp3) is 0.636. The summed E-state index contributed by atoms with van der Waals surface area (Å²) < 4.78 is 4.60. The van der Waals surface area contributed by atoms with Crippen LogP contribution < -0.4 is 10.6 Å². The summed E-state index contributed by atoms with van der Waals surface area (Å²) in [6.07, 6.45) is -0.984. The fourth-order valence-electron chi connectivity index (χ4n) is 1.17. The van der Waals surface area contributed by atoms with Crippen LogP contribution in [0.3, 0.4) is 0 Å². The van der Waals surface area contributed by atoms with Crippen LogP contribution >= 0.6 is 11.3 Å². The molecule has 1 aromatic heterocycles. The highest BCUT2D eigenvalue weighted by atomic mass is 32.1. The van der Waals surface area contributed by atoms with E-state index in [1.807, 2.05) is 5.38 Å². The summed E-state index contributed by atoms with van der Waals surface area (Å²) in [7, 11) is 1.37. The van der Waals surface area contributed by atoms with Gasteiger partial charge in [0.25, 0.3) is 0 Å². The molecule has 0 fully saturated rings. The normalized spacial score (nSPS) is 12.5. The molecule has 1 rings (SSSR count). The topological polar surface area (TPSA) is 83.5 Å². The van der Waals surface area contributed by atoms with E-state index < -0.39 is 6.29 Å². The van der Waals surface area contributed by atoms with Gasteiger partial charge in [-0.1, -0.05) is 13.8 Å². The van der Waals surface area contributed by atoms with Crippen molar-refractivity contribution in [1.29, 1.82) is 0 Å². The number of nitrogens with one attached hydrogen (secondary N) is 2. The number of aliphatic hydroxyl groups excluding tert-OH is 1. The van der Waals surface area contributed by atoms with Crippen molar-refractivity contribution >= 4 is 17.4 Å². The highest BCUT2D eigenvalue weighted by Gasteiger charge is 2.08. The predicted molar refractivity (Wildman–Crippen MR) is 69.5 cm³/mol. The van der Waals surface area contributed by atoms with Gasteiger partial charge in [0.1, 0.15) is 0 Å². The van der Waals surface area contributed by atoms with Gasteiger partial charge in [-0.25, -0.2) is 9.78 Å². The maximum absolute atomic E-state index is 11.4. The number of methoxy groups -OCH3 is 1. The Morgan fingerprint density at radius 3 is 2.83 bits per heavy atom. The first kappa shape index (κ1) is 14.9. The average molecular weight is 273 g/mol. The molecule has 102 valence electrons. The number of aromatic nitrogens is 1. The summed E-state index contributed by atoms with van der Waals surface area (Å²) in [5, 5.41) is 17.2. The van der Waals surface area contributed by atoms with Gasteiger partial charge in [0.05, 0.1) is 23.8 Å². The van der Waals surface area contributed by atoms with Gasteiger partial charge in [-0.05, 0) is 0 Å². The van der Waals surface area contributed by atoms with E-state index in [-0.39, 0.29) is 12.6 Å². The zero-order valence-electron chi connectivity index (χ0n) is 10.8. The summed E-state index contributed by atoms with van der Waals surface area (Å²) in [5.41, 5.74) is 0.839. The van der Waals surface area contributed by atoms with E-state index >= 15 is 0 Å². The first-order chi connectivity index (χ1) is 8.52. The lowest BCUT2D eigenvalue weighted by Crippen LogP contribution is -2.39. The third-order valence-corrected chi connectivity index (χ3v) is 3.40. The van der Waals surface area contributed by atoms with Crippen LogP contribution in [0.4, 0.5) is 4.79 Å². The zero-order chi connectivity index (χ0) is 13.5. The van der Waals surface area contributed by atoms with Gasteiger partial charge < -0.3 is 20.5 Å². The van der Waals surface area contributed by atoms with Crippen LogP contribution in [0.2, 0.25) is 0 Å². The van der Waals surface area contributed by atoms with Crippen molar-refractivity contribution in [3.05, 3.63) is 16.1 Å². The number of urea groups is 1. The number of thiazole rings is 1. The Morgan fingerprint density at radius 1 is 1.56 bits per heavy atom. The second kappa shape index (κ2) is 7.30. The molecule has 0 aliphatic carbocycles. The largest absolute Gasteiger partial charge is 0.366 e. The minimum atomic E-state index is -0.984. The molecule has 0 aliphatic heterocycles. The number of carbonyl (C=O) groups excluding carboxylic acids is 1. The van der Waals surface area contributed by atoms with Crippen molar-refractivity contribution in [2.24, 2.45) is 0 Å². The zero-order valence-corrected chi connectivity index (χ0v) is 11.6. The lowest BCUT2D eigenvalue weighted by atomic mass is 10.2. The summed E-state index contributed by atoms with van der Waals surface area (Å²) in [5.74, 6) is 0.398. The van der Waals surface area contributed by atoms with Crippen molar-refractivity contribution in [1.82, 2.24) is 15.6 Å². The summed E-state index contributed by atoms with van der Waals surface area (Å²) in [6, 6.07) is -0.356. The van der Waals surface area contributed by atoms with E-state index in [4.69, 9.17) is 5.11 Å². The molecule has 18 heavy (non-hydrogen) atoms. The van der Waals surface area contributed by atoms with Crippen LogP contribution in [0.15, 0.2) is 5.38 Å². The fourth-order valence-corrected chi connectivity index (χ4v) is 2.00. The molecule has 2 amide bonds. The van der Waals surface area contributed by atoms with Crippen molar-refractivity contribution in [2.45, 2.75) is 32.6 Å². The molecular formula is C11H19N3O3S. The van der Waals surface area contributed by atoms with Crippen LogP contribution in [-0.2, 0) is 11.3 Å². The molecule has 0 aromatic carbocycles. The highest BCUT2D eigenvalue weighted by molar-refractivity contribution is 7.09. The maximum atomic E-state index is 11.4. The van der Waals surface area contributed by atoms with E-state index in [1.165, 1.54) is 7.11 Å². The predicted octanol–water partition coefficient (Wildman–Crippen LogP) is 1.03. The molecule has 0 saturated heterocycles. The summed E-state index contributed by atoms with van der Waals surface area (Å²) >= 11 is 1.59. The van der Waals surface area contributed by atoms with Crippen LogP contribution in [0.1, 0.15) is 30.5 Å². The van der Waals surface area contributed by atoms with Crippen LogP contribution in [0.25, 0.3) is 0 Å². The SMILES string of the molecule is COC(O)CNC(=O)NCc1csc(C(C)C)n1. The molecular weight excluding hydrogens is 254 g/mol. The lowest BCUT2D eigenvalue weighted by Gasteiger charge is -2.10. The second-order valence-corrected chi connectivity index (χ2v) is 4.98. The number of ether oxygens (including phenoxy) is 1. The first-order valence-corrected chi connectivity index (χ1v) is 6.57. The molecule has 0 radical (unpaired) electrons. The van der Waals surface area contributed by atoms with Gasteiger partial charge >= 0.3 is 6.03 Å². The van der Waals surface area contributed by atoms with E-state index in [0.29, 0.717) is 12.5 Å². The molecule has 3 N–H and O–H groups in total. The van der Waals surface area contributed by atoms with Gasteiger partial charge in [-0.2, -0.15) is 0 Å². The highest BCUT2D eigenvalue weighted by Crippen LogP contribution is 2.18. The van der Waals surface area contributed by atoms with Crippen molar-refractivity contribution in [3.63, 3.8) is 0 Å². The van der Waals surface area contributed by atoms with E-state index in [2.05, 4.69) is 34.2 Å². The monoisotopic (exact) mass is 273 g/mol. The maximum Gasteiger partial charge on any atom is 0.315 e. The Labute approximate surface area is 110 Å². The average Bonchev–Trinajstić information content (AvgIpc) is 2.82. The Hall–Kier alpha value is -1.18. The van der Waals surface area contributed by atoms with Crippen molar-refractivity contribution in [3.8, 4) is 0 Å². The van der Waals surface area contributed by atoms with E-state index in [1.54, 1.807) is 11.3 Å². The third-order valence-electron chi connectivity index (χ3n) is 2.20. The van der Waals surface area contributed by atoms with Gasteiger partial charge in [0, 0.05) is 18.4 Å². The number of nitrogens with zero attached hydrogens (tertiary/aromatic N) is 1. The van der Waals surface area contributed by atoms with Crippen LogP contribution in [0.5, 0.6) is 0 Å². The standard InChI is InChI=1S/C11H19N3O3S/c1-7(2)10-14-8(6-18-10)4-12-11(16)13-5-9(15)17-3/h6-7,9,15H,4-5H2,1-3H3,(H2,12,13,16). The Balaban J connectivity index is 2.29. The molecule has 7 heteroatoms. The first-order valence-electron chi connectivity index (χ1n) is 5.69. The molecule has 0 bridgehead atoms. The quantitative estimate of drug-likeness (QED) is 0.676. The van der Waals surface area contributed by atoms with Gasteiger partial charge in [0.2, 0.25) is 0 Å². The van der Waals surface area contributed by atoms with Gasteiger partial charge in [0.15, 0.2) is 6.29 Å². The minimum absolute atomic E-state index is 0.0522. The van der Waals surface area contributed by atoms with Crippen LogP contribution in [-0.4, -0.2) is 36.1 Å². The van der Waals surface area contributed by atoms with Gasteiger partial charge in [-0.3, -0.25) is 0 Å². The second-order valence-electron chi connectivity index (χ2n) is 4.09. The number of carbonyl (C=O) groups is 1. The summed E-state index contributed by atoms with van der Waals surface area (Å²) in [6.45, 7) is 4.58. The van der Waals surface area contributed by atoms with Crippen LogP contribution in [0, 0.1) is 0 Å². The number of amides is 2. The molecule has 0 spiro atoms. The Morgan fingerprint density at radius 2 is 2.28 bits per heavy atom. The molecule has 0 aliphatic rings. The van der Waals surface area contributed by atoms with Crippen molar-refractivity contribution < 1.29 is 14.6 Å². The number of rotatable bonds is 6. The molecule has 1 unspecified atom stereocenters. The molecule has 1 aromatic rings. The number of aliphatic hydroxyl groups is 1. The van der Waals surface area contributed by atoms with E-state index in [0.717, 1.165) is 10.7 Å². The summed E-state index contributed by atoms with van der Waals surface area (Å²) in [4.78, 5) is 15.8. The van der Waals surface area contributed by atoms with Crippen molar-refractivity contribution in [2.75, 3.05) is 13.7 Å². The molecule has 6 nitrogen and oxygen atoms in total. The lowest BCUT2D eigenvalue weighted by molar-refractivity contribution is -0.0690. The molecule has 0 saturated carbocycles.